The van der Waals surface area contributed by atoms with Crippen LogP contribution in [0.1, 0.15) is 12.5 Å². The second-order valence-electron chi connectivity index (χ2n) is 3.44. The van der Waals surface area contributed by atoms with E-state index in [0.29, 0.717) is 5.69 Å². The number of carbonyl (C=O) groups is 2. The summed E-state index contributed by atoms with van der Waals surface area (Å²) in [6.45, 7) is 1.95. The zero-order chi connectivity index (χ0) is 12.7. The number of aryl methyl sites for hydroxylation is 1. The average Bonchev–Trinajstić information content (AvgIpc) is 2.36. The predicted molar refractivity (Wildman–Crippen MR) is 64.9 cm³/mol. The smallest absolute Gasteiger partial charge is 0.407 e. The molecule has 1 aromatic rings. The molecule has 0 bridgehead atoms. The number of amides is 2. The summed E-state index contributed by atoms with van der Waals surface area (Å²) in [5, 5.41) is 4.97. The molecule has 17 heavy (non-hydrogen) atoms. The number of carbonyl (C=O) groups excluding carboxylic acids is 2. The summed E-state index contributed by atoms with van der Waals surface area (Å²) in [5.41, 5.74) is 1.91. The van der Waals surface area contributed by atoms with Crippen molar-refractivity contribution in [3.05, 3.63) is 29.8 Å². The zero-order valence-corrected chi connectivity index (χ0v) is 9.95. The fraction of sp³-hybridized carbons (Fsp3) is 0.333. The molecule has 0 radical (unpaired) electrons. The van der Waals surface area contributed by atoms with E-state index in [1.54, 1.807) is 0 Å². The molecule has 1 aromatic carbocycles. The van der Waals surface area contributed by atoms with Gasteiger partial charge in [0.15, 0.2) is 0 Å². The molecule has 2 N–H and O–H groups in total. The lowest BCUT2D eigenvalue weighted by molar-refractivity contribution is -0.115. The van der Waals surface area contributed by atoms with E-state index < -0.39 is 6.09 Å². The van der Waals surface area contributed by atoms with Crippen LogP contribution in [0.2, 0.25) is 0 Å². The Bertz CT molecular complexity index is 387. The number of rotatable bonds is 4. The van der Waals surface area contributed by atoms with Crippen molar-refractivity contribution in [3.63, 3.8) is 0 Å². The van der Waals surface area contributed by atoms with Crippen LogP contribution >= 0.6 is 0 Å². The van der Waals surface area contributed by atoms with Crippen molar-refractivity contribution in [3.8, 4) is 0 Å². The van der Waals surface area contributed by atoms with Gasteiger partial charge in [0.2, 0.25) is 5.91 Å². The molecule has 92 valence electrons. The highest BCUT2D eigenvalue weighted by atomic mass is 16.5. The minimum atomic E-state index is -0.624. The first-order valence-electron chi connectivity index (χ1n) is 5.36. The van der Waals surface area contributed by atoms with Crippen molar-refractivity contribution in [1.29, 1.82) is 0 Å². The largest absolute Gasteiger partial charge is 0.453 e. The number of ether oxygens (including phenoxy) is 1. The summed E-state index contributed by atoms with van der Waals surface area (Å²) >= 11 is 0. The van der Waals surface area contributed by atoms with Crippen LogP contribution in [0.25, 0.3) is 0 Å². The van der Waals surface area contributed by atoms with E-state index in [9.17, 15) is 9.59 Å². The third-order valence-corrected chi connectivity index (χ3v) is 2.22. The number of alkyl carbamates (subject to hydrolysis) is 1. The highest BCUT2D eigenvalue weighted by Crippen LogP contribution is 2.09. The van der Waals surface area contributed by atoms with E-state index in [1.165, 1.54) is 12.7 Å². The van der Waals surface area contributed by atoms with Gasteiger partial charge < -0.3 is 15.4 Å². The molecule has 0 atom stereocenters. The zero-order valence-electron chi connectivity index (χ0n) is 9.95. The molecule has 0 saturated carbocycles. The lowest BCUT2D eigenvalue weighted by Gasteiger charge is -2.06. The number of hydrogen-bond acceptors (Lipinski definition) is 3. The molecular formula is C12H16N2O3. The summed E-state index contributed by atoms with van der Waals surface area (Å²) in [6, 6.07) is 7.55. The Kier molecular flexibility index (Phi) is 5.00. The Labute approximate surface area is 100 Å². The number of anilines is 1. The molecule has 5 nitrogen and oxygen atoms in total. The molecule has 0 aliphatic rings. The van der Waals surface area contributed by atoms with E-state index in [4.69, 9.17) is 0 Å². The Morgan fingerprint density at radius 1 is 1.24 bits per heavy atom. The fourth-order valence-corrected chi connectivity index (χ4v) is 1.25. The molecule has 0 unspecified atom stereocenters. The Morgan fingerprint density at radius 3 is 2.41 bits per heavy atom. The third-order valence-electron chi connectivity index (χ3n) is 2.22. The molecule has 0 aromatic heterocycles. The van der Waals surface area contributed by atoms with Crippen LogP contribution in [0.5, 0.6) is 0 Å². The van der Waals surface area contributed by atoms with Crippen molar-refractivity contribution < 1.29 is 14.3 Å². The maximum absolute atomic E-state index is 11.4. The van der Waals surface area contributed by atoms with Gasteiger partial charge in [-0.25, -0.2) is 4.79 Å². The highest BCUT2D eigenvalue weighted by molar-refractivity contribution is 5.93. The van der Waals surface area contributed by atoms with E-state index in [0.717, 1.165) is 6.42 Å². The summed E-state index contributed by atoms with van der Waals surface area (Å²) in [7, 11) is 1.25. The molecule has 1 rings (SSSR count). The summed E-state index contributed by atoms with van der Waals surface area (Å²) in [6.07, 6.45) is 0.333. The molecular weight excluding hydrogens is 220 g/mol. The third kappa shape index (κ3) is 4.55. The predicted octanol–water partition coefficient (Wildman–Crippen LogP) is 1.54. The second-order valence-corrected chi connectivity index (χ2v) is 3.44. The monoisotopic (exact) mass is 236 g/mol. The summed E-state index contributed by atoms with van der Waals surface area (Å²) in [5.74, 6) is -0.292. The van der Waals surface area contributed by atoms with Crippen molar-refractivity contribution >= 4 is 17.7 Å². The van der Waals surface area contributed by atoms with Gasteiger partial charge in [0.1, 0.15) is 6.54 Å². The van der Waals surface area contributed by atoms with E-state index in [1.807, 2.05) is 24.3 Å². The molecule has 5 heteroatoms. The van der Waals surface area contributed by atoms with Crippen LogP contribution < -0.4 is 10.6 Å². The SMILES string of the molecule is CCc1ccc(NC(=O)CNC(=O)OC)cc1. The van der Waals surface area contributed by atoms with Crippen LogP contribution in [0.4, 0.5) is 10.5 Å². The van der Waals surface area contributed by atoms with Gasteiger partial charge in [-0.3, -0.25) is 4.79 Å². The van der Waals surface area contributed by atoms with Crippen molar-refractivity contribution in [2.45, 2.75) is 13.3 Å². The lowest BCUT2D eigenvalue weighted by Crippen LogP contribution is -2.32. The van der Waals surface area contributed by atoms with Crippen molar-refractivity contribution in [2.24, 2.45) is 0 Å². The minimum absolute atomic E-state index is 0.109. The van der Waals surface area contributed by atoms with E-state index in [-0.39, 0.29) is 12.5 Å². The number of nitrogens with one attached hydrogen (secondary N) is 2. The highest BCUT2D eigenvalue weighted by Gasteiger charge is 2.04. The normalized spacial score (nSPS) is 9.53. The van der Waals surface area contributed by atoms with Gasteiger partial charge in [0.05, 0.1) is 7.11 Å². The van der Waals surface area contributed by atoms with Crippen LogP contribution in [-0.2, 0) is 16.0 Å². The van der Waals surface area contributed by atoms with Crippen LogP contribution in [0.15, 0.2) is 24.3 Å². The Morgan fingerprint density at radius 2 is 1.88 bits per heavy atom. The van der Waals surface area contributed by atoms with E-state index in [2.05, 4.69) is 22.3 Å². The average molecular weight is 236 g/mol. The van der Waals surface area contributed by atoms with Gasteiger partial charge >= 0.3 is 6.09 Å². The van der Waals surface area contributed by atoms with Crippen molar-refractivity contribution in [1.82, 2.24) is 5.32 Å². The van der Waals surface area contributed by atoms with E-state index >= 15 is 0 Å². The molecule has 0 spiro atoms. The second kappa shape index (κ2) is 6.52. The van der Waals surface area contributed by atoms with Gasteiger partial charge in [0.25, 0.3) is 0 Å². The van der Waals surface area contributed by atoms with Gasteiger partial charge in [0, 0.05) is 5.69 Å². The maximum atomic E-state index is 11.4. The van der Waals surface area contributed by atoms with Gasteiger partial charge in [-0.15, -0.1) is 0 Å². The van der Waals surface area contributed by atoms with Gasteiger partial charge in [-0.2, -0.15) is 0 Å². The Hall–Kier alpha value is -2.04. The van der Waals surface area contributed by atoms with Gasteiger partial charge in [-0.1, -0.05) is 19.1 Å². The molecule has 0 heterocycles. The molecule has 2 amide bonds. The summed E-state index contributed by atoms with van der Waals surface area (Å²) in [4.78, 5) is 22.1. The first-order valence-corrected chi connectivity index (χ1v) is 5.36. The number of benzene rings is 1. The molecule has 0 fully saturated rings. The first kappa shape index (κ1) is 13.0. The molecule has 0 aliphatic carbocycles. The Balaban J connectivity index is 2.42. The minimum Gasteiger partial charge on any atom is -0.453 e. The molecule has 0 aliphatic heterocycles. The number of hydrogen-bond donors (Lipinski definition) is 2. The first-order chi connectivity index (χ1) is 8.15. The molecule has 0 saturated heterocycles. The van der Waals surface area contributed by atoms with Gasteiger partial charge in [-0.05, 0) is 24.1 Å². The van der Waals surface area contributed by atoms with Crippen LogP contribution in [0, 0.1) is 0 Å². The van der Waals surface area contributed by atoms with Crippen LogP contribution in [0.3, 0.4) is 0 Å². The topological polar surface area (TPSA) is 67.4 Å². The quantitative estimate of drug-likeness (QED) is 0.833. The standard InChI is InChI=1S/C12H16N2O3/c1-3-9-4-6-10(7-5-9)14-11(15)8-13-12(16)17-2/h4-7H,3,8H2,1-2H3,(H,13,16)(H,14,15). The fourth-order valence-electron chi connectivity index (χ4n) is 1.25. The lowest BCUT2D eigenvalue weighted by atomic mass is 10.1. The summed E-state index contributed by atoms with van der Waals surface area (Å²) < 4.78 is 4.35. The maximum Gasteiger partial charge on any atom is 0.407 e. The number of methoxy groups -OCH3 is 1. The van der Waals surface area contributed by atoms with Crippen LogP contribution in [-0.4, -0.2) is 25.7 Å². The van der Waals surface area contributed by atoms with Crippen molar-refractivity contribution in [2.75, 3.05) is 19.0 Å².